The molecule has 1 heteroatoms. The minimum atomic E-state index is 1.01. The molecule has 11 heavy (non-hydrogen) atoms. The first-order chi connectivity index (χ1) is 5.26. The van der Waals surface area contributed by atoms with Crippen LogP contribution >= 0.6 is 0 Å². The maximum absolute atomic E-state index is 2.45. The molecule has 3 rings (SSSR count). The fraction of sp³-hybridized carbons (Fsp3) is 1.00. The van der Waals surface area contributed by atoms with Crippen LogP contribution in [-0.4, -0.2) is 30.7 Å². The maximum atomic E-state index is 2.45. The molecule has 1 atom stereocenters. The van der Waals surface area contributed by atoms with E-state index in [0.29, 0.717) is 0 Å². The molecule has 0 aliphatic carbocycles. The molecule has 64 valence electrons. The van der Waals surface area contributed by atoms with Crippen LogP contribution in [0.5, 0.6) is 0 Å². The van der Waals surface area contributed by atoms with Crippen molar-refractivity contribution in [1.29, 1.82) is 0 Å². The van der Waals surface area contributed by atoms with E-state index in [0.717, 1.165) is 11.8 Å². The highest BCUT2D eigenvalue weighted by atomic mass is 15.4. The van der Waals surface area contributed by atoms with E-state index in [9.17, 15) is 0 Å². The summed E-state index contributed by atoms with van der Waals surface area (Å²) in [5, 5.41) is 0. The topological polar surface area (TPSA) is 0 Å². The number of rotatable bonds is 1. The van der Waals surface area contributed by atoms with Gasteiger partial charge < -0.3 is 4.48 Å². The molecule has 0 aromatic rings. The Morgan fingerprint density at radius 3 is 2.27 bits per heavy atom. The largest absolute Gasteiger partial charge is 0.324 e. The zero-order chi connectivity index (χ0) is 7.90. The van der Waals surface area contributed by atoms with Gasteiger partial charge in [0.25, 0.3) is 0 Å². The summed E-state index contributed by atoms with van der Waals surface area (Å²) in [4.78, 5) is 0. The van der Waals surface area contributed by atoms with E-state index in [1.807, 2.05) is 0 Å². The first kappa shape index (κ1) is 7.60. The van der Waals surface area contributed by atoms with Crippen LogP contribution in [0.3, 0.4) is 0 Å². The summed E-state index contributed by atoms with van der Waals surface area (Å²) in [6.07, 6.45) is 3.02. The maximum Gasteiger partial charge on any atom is 0.0815 e. The van der Waals surface area contributed by atoms with E-state index in [4.69, 9.17) is 0 Å². The van der Waals surface area contributed by atoms with Gasteiger partial charge in [0.1, 0.15) is 0 Å². The summed E-state index contributed by atoms with van der Waals surface area (Å²) in [5.74, 6) is 2.10. The highest BCUT2D eigenvalue weighted by Gasteiger charge is 2.42. The van der Waals surface area contributed by atoms with Gasteiger partial charge in [-0.2, -0.15) is 0 Å². The fourth-order valence-electron chi connectivity index (χ4n) is 3.09. The standard InChI is InChI=1S/C10H20N/c1-3-11-6-4-10(5-7-11)9(2)8-11/h9-10H,3-8H2,1-2H3/q+1. The Labute approximate surface area is 70.0 Å². The lowest BCUT2D eigenvalue weighted by Crippen LogP contribution is -2.60. The number of quaternary nitrogens is 1. The molecule has 3 aliphatic rings. The zero-order valence-electron chi connectivity index (χ0n) is 7.84. The Kier molecular flexibility index (Phi) is 1.71. The predicted octanol–water partition coefficient (Wildman–Crippen LogP) is 1.88. The molecule has 3 aliphatic heterocycles. The van der Waals surface area contributed by atoms with Crippen molar-refractivity contribution in [1.82, 2.24) is 0 Å². The van der Waals surface area contributed by atoms with Gasteiger partial charge in [-0.25, -0.2) is 0 Å². The zero-order valence-corrected chi connectivity index (χ0v) is 7.84. The molecule has 0 radical (unpaired) electrons. The third-order valence-electron chi connectivity index (χ3n) is 4.10. The number of nitrogens with zero attached hydrogens (tertiary/aromatic N) is 1. The molecule has 2 bridgehead atoms. The molecule has 0 aromatic heterocycles. The van der Waals surface area contributed by atoms with Crippen LogP contribution in [0.2, 0.25) is 0 Å². The van der Waals surface area contributed by atoms with Crippen molar-refractivity contribution < 1.29 is 4.48 Å². The van der Waals surface area contributed by atoms with Crippen LogP contribution in [0.15, 0.2) is 0 Å². The minimum absolute atomic E-state index is 1.01. The van der Waals surface area contributed by atoms with E-state index in [1.165, 1.54) is 43.5 Å². The lowest BCUT2D eigenvalue weighted by Gasteiger charge is -2.51. The summed E-state index contributed by atoms with van der Waals surface area (Å²) in [6.45, 7) is 10.6. The van der Waals surface area contributed by atoms with Crippen LogP contribution in [0.4, 0.5) is 0 Å². The van der Waals surface area contributed by atoms with Gasteiger partial charge >= 0.3 is 0 Å². The van der Waals surface area contributed by atoms with Crippen molar-refractivity contribution in [3.05, 3.63) is 0 Å². The van der Waals surface area contributed by atoms with Crippen molar-refractivity contribution >= 4 is 0 Å². The SMILES string of the molecule is CC[N+]12CCC(CC1)C(C)C2. The van der Waals surface area contributed by atoms with Crippen molar-refractivity contribution in [2.24, 2.45) is 11.8 Å². The molecule has 3 saturated heterocycles. The molecule has 0 N–H and O–H groups in total. The van der Waals surface area contributed by atoms with Crippen molar-refractivity contribution in [2.45, 2.75) is 26.7 Å². The Morgan fingerprint density at radius 1 is 1.27 bits per heavy atom. The van der Waals surface area contributed by atoms with Crippen LogP contribution < -0.4 is 0 Å². The van der Waals surface area contributed by atoms with E-state index in [1.54, 1.807) is 0 Å². The summed E-state index contributed by atoms with van der Waals surface area (Å²) in [5.41, 5.74) is 0. The van der Waals surface area contributed by atoms with Crippen molar-refractivity contribution in [3.63, 3.8) is 0 Å². The fourth-order valence-corrected chi connectivity index (χ4v) is 3.09. The Hall–Kier alpha value is -0.0400. The van der Waals surface area contributed by atoms with Gasteiger partial charge in [0.2, 0.25) is 0 Å². The number of piperidine rings is 3. The number of hydrogen-bond donors (Lipinski definition) is 0. The molecule has 1 nitrogen and oxygen atoms in total. The Morgan fingerprint density at radius 2 is 1.91 bits per heavy atom. The van der Waals surface area contributed by atoms with Gasteiger partial charge in [0.05, 0.1) is 26.2 Å². The first-order valence-electron chi connectivity index (χ1n) is 5.11. The van der Waals surface area contributed by atoms with Gasteiger partial charge in [-0.15, -0.1) is 0 Å². The summed E-state index contributed by atoms with van der Waals surface area (Å²) in [6, 6.07) is 0. The number of fused-ring (bicyclic) bond motifs is 3. The third kappa shape index (κ3) is 1.10. The smallest absolute Gasteiger partial charge is 0.0815 e. The van der Waals surface area contributed by atoms with Gasteiger partial charge in [-0.05, 0) is 12.8 Å². The monoisotopic (exact) mass is 154 g/mol. The van der Waals surface area contributed by atoms with Crippen LogP contribution in [0, 0.1) is 11.8 Å². The number of hydrogen-bond acceptors (Lipinski definition) is 0. The van der Waals surface area contributed by atoms with Crippen LogP contribution in [-0.2, 0) is 0 Å². The second-order valence-corrected chi connectivity index (χ2v) is 4.60. The molecule has 1 unspecified atom stereocenters. The summed E-state index contributed by atoms with van der Waals surface area (Å²) < 4.78 is 1.44. The summed E-state index contributed by atoms with van der Waals surface area (Å²) >= 11 is 0. The minimum Gasteiger partial charge on any atom is -0.324 e. The van der Waals surface area contributed by atoms with E-state index in [2.05, 4.69) is 13.8 Å². The second-order valence-electron chi connectivity index (χ2n) is 4.60. The predicted molar refractivity (Wildman–Crippen MR) is 47.3 cm³/mol. The van der Waals surface area contributed by atoms with Crippen LogP contribution in [0.1, 0.15) is 26.7 Å². The van der Waals surface area contributed by atoms with E-state index < -0.39 is 0 Å². The lowest BCUT2D eigenvalue weighted by molar-refractivity contribution is -0.945. The Balaban J connectivity index is 2.12. The average molecular weight is 154 g/mol. The van der Waals surface area contributed by atoms with Gasteiger partial charge in [-0.1, -0.05) is 6.92 Å². The average Bonchev–Trinajstić information content (AvgIpc) is 2.06. The van der Waals surface area contributed by atoms with Crippen LogP contribution in [0.25, 0.3) is 0 Å². The molecule has 0 amide bonds. The Bertz CT molecular complexity index is 145. The van der Waals surface area contributed by atoms with Gasteiger partial charge in [-0.3, -0.25) is 0 Å². The quantitative estimate of drug-likeness (QED) is 0.506. The molecule has 0 saturated carbocycles. The van der Waals surface area contributed by atoms with Crippen molar-refractivity contribution in [3.8, 4) is 0 Å². The molecular weight excluding hydrogens is 134 g/mol. The van der Waals surface area contributed by atoms with E-state index in [-0.39, 0.29) is 0 Å². The highest BCUT2D eigenvalue weighted by molar-refractivity contribution is 4.76. The molecule has 3 heterocycles. The molecule has 3 fully saturated rings. The molecular formula is C10H20N+. The van der Waals surface area contributed by atoms with E-state index >= 15 is 0 Å². The molecule has 0 aromatic carbocycles. The normalized spacial score (nSPS) is 49.6. The second kappa shape index (κ2) is 2.48. The van der Waals surface area contributed by atoms with Gasteiger partial charge in [0.15, 0.2) is 0 Å². The first-order valence-corrected chi connectivity index (χ1v) is 5.11. The third-order valence-corrected chi connectivity index (χ3v) is 4.10. The molecule has 0 spiro atoms. The lowest BCUT2D eigenvalue weighted by atomic mass is 9.78. The van der Waals surface area contributed by atoms with Crippen molar-refractivity contribution in [2.75, 3.05) is 26.2 Å². The highest BCUT2D eigenvalue weighted by Crippen LogP contribution is 2.36. The van der Waals surface area contributed by atoms with Gasteiger partial charge in [0, 0.05) is 18.8 Å². The summed E-state index contributed by atoms with van der Waals surface area (Å²) in [7, 11) is 0.